The first-order valence-corrected chi connectivity index (χ1v) is 4.89. The highest BCUT2D eigenvalue weighted by Crippen LogP contribution is 2.42. The quantitative estimate of drug-likeness (QED) is 0.381. The number of ether oxygens (including phenoxy) is 2. The summed E-state index contributed by atoms with van der Waals surface area (Å²) in [5, 5.41) is 0. The van der Waals surface area contributed by atoms with Crippen LogP contribution in [-0.4, -0.2) is 43.1 Å². The van der Waals surface area contributed by atoms with E-state index < -0.39 is 43.1 Å². The Morgan fingerprint density at radius 1 is 1.00 bits per heavy atom. The molecule has 0 spiro atoms. The number of hydrogen-bond donors (Lipinski definition) is 0. The van der Waals surface area contributed by atoms with Gasteiger partial charge in [-0.2, -0.15) is 35.1 Å². The Balaban J connectivity index is 5.07. The predicted octanol–water partition coefficient (Wildman–Crippen LogP) is 3.45. The Hall–Kier alpha value is -1.53. The monoisotopic (exact) mass is 352 g/mol. The molecule has 0 aromatic heterocycles. The van der Waals surface area contributed by atoms with Crippen LogP contribution in [0.25, 0.3) is 0 Å². The Labute approximate surface area is 115 Å². The van der Waals surface area contributed by atoms with Crippen LogP contribution in [0, 0.1) is 0 Å². The van der Waals surface area contributed by atoms with E-state index in [1.165, 1.54) is 0 Å². The molecule has 0 aromatic carbocycles. The molecular weight excluding hydrogens is 346 g/mol. The van der Waals surface area contributed by atoms with Crippen LogP contribution in [-0.2, 0) is 14.3 Å². The molecule has 0 saturated carbocycles. The molecular formula is C9H6F10O3. The Morgan fingerprint density at radius 3 is 1.82 bits per heavy atom. The zero-order valence-corrected chi connectivity index (χ0v) is 10.1. The fraction of sp³-hybridized carbons (Fsp3) is 0.667. The topological polar surface area (TPSA) is 35.5 Å². The fourth-order valence-corrected chi connectivity index (χ4v) is 0.731. The molecule has 0 aromatic rings. The van der Waals surface area contributed by atoms with Crippen molar-refractivity contribution >= 4 is 5.97 Å². The van der Waals surface area contributed by atoms with Gasteiger partial charge in [0.2, 0.25) is 0 Å². The maximum atomic E-state index is 12.9. The van der Waals surface area contributed by atoms with E-state index in [0.29, 0.717) is 0 Å². The molecule has 0 unspecified atom stereocenters. The highest BCUT2D eigenvalue weighted by molar-refractivity contribution is 5.81. The van der Waals surface area contributed by atoms with Gasteiger partial charge >= 0.3 is 36.5 Å². The van der Waals surface area contributed by atoms with Gasteiger partial charge in [-0.25, -0.2) is 13.6 Å². The minimum absolute atomic E-state index is 0.0183. The first kappa shape index (κ1) is 20.5. The Bertz CT molecular complexity index is 420. The van der Waals surface area contributed by atoms with Gasteiger partial charge in [0, 0.05) is 6.08 Å². The van der Waals surface area contributed by atoms with E-state index in [2.05, 4.69) is 16.1 Å². The minimum Gasteiger partial charge on any atom is -0.393 e. The lowest BCUT2D eigenvalue weighted by atomic mass is 10.3. The Morgan fingerprint density at radius 2 is 1.45 bits per heavy atom. The van der Waals surface area contributed by atoms with Crippen LogP contribution in [0.5, 0.6) is 0 Å². The number of carbonyl (C=O) groups excluding carboxylic acids is 1. The van der Waals surface area contributed by atoms with E-state index in [-0.39, 0.29) is 6.08 Å². The van der Waals surface area contributed by atoms with Crippen molar-refractivity contribution in [3.8, 4) is 0 Å². The van der Waals surface area contributed by atoms with Crippen molar-refractivity contribution in [1.29, 1.82) is 0 Å². The molecule has 0 radical (unpaired) electrons. The van der Waals surface area contributed by atoms with E-state index in [0.717, 1.165) is 0 Å². The SMILES string of the molecule is C=CC(=O)OC(F)(F)C(F)(F)COC(F)(F)C(F)(F)C(F)F. The lowest BCUT2D eigenvalue weighted by Crippen LogP contribution is -2.53. The van der Waals surface area contributed by atoms with E-state index in [9.17, 15) is 48.7 Å². The first-order chi connectivity index (χ1) is 9.60. The van der Waals surface area contributed by atoms with E-state index in [1.807, 2.05) is 0 Å². The van der Waals surface area contributed by atoms with Gasteiger partial charge < -0.3 is 9.47 Å². The molecule has 0 aliphatic rings. The molecule has 0 rings (SSSR count). The second-order valence-electron chi connectivity index (χ2n) is 3.58. The molecule has 0 amide bonds. The van der Waals surface area contributed by atoms with Crippen LogP contribution in [0.4, 0.5) is 43.9 Å². The van der Waals surface area contributed by atoms with E-state index in [1.54, 1.807) is 0 Å². The summed E-state index contributed by atoms with van der Waals surface area (Å²) in [7, 11) is 0. The van der Waals surface area contributed by atoms with Crippen molar-refractivity contribution in [3.05, 3.63) is 12.7 Å². The van der Waals surface area contributed by atoms with Crippen LogP contribution in [0.15, 0.2) is 12.7 Å². The largest absolute Gasteiger partial charge is 0.469 e. The normalized spacial score (nSPS) is 14.1. The molecule has 0 aliphatic heterocycles. The summed E-state index contributed by atoms with van der Waals surface area (Å²) in [4.78, 5) is 10.4. The number of alkyl halides is 10. The number of rotatable bonds is 8. The lowest BCUT2D eigenvalue weighted by molar-refractivity contribution is -0.404. The summed E-state index contributed by atoms with van der Waals surface area (Å²) >= 11 is 0. The van der Waals surface area contributed by atoms with Gasteiger partial charge in [0.15, 0.2) is 0 Å². The second-order valence-corrected chi connectivity index (χ2v) is 3.58. The molecule has 0 aliphatic carbocycles. The molecule has 130 valence electrons. The van der Waals surface area contributed by atoms with Gasteiger partial charge in [-0.3, -0.25) is 0 Å². The number of esters is 1. The van der Waals surface area contributed by atoms with Gasteiger partial charge in [-0.1, -0.05) is 6.58 Å². The summed E-state index contributed by atoms with van der Waals surface area (Å²) in [6.07, 6.45) is -16.9. The van der Waals surface area contributed by atoms with Crippen LogP contribution in [0.2, 0.25) is 0 Å². The summed E-state index contributed by atoms with van der Waals surface area (Å²) in [5.41, 5.74) is 0. The molecule has 3 nitrogen and oxygen atoms in total. The van der Waals surface area contributed by atoms with E-state index >= 15 is 0 Å². The van der Waals surface area contributed by atoms with E-state index in [4.69, 9.17) is 0 Å². The van der Waals surface area contributed by atoms with Crippen LogP contribution >= 0.6 is 0 Å². The van der Waals surface area contributed by atoms with Crippen LogP contribution in [0.1, 0.15) is 0 Å². The van der Waals surface area contributed by atoms with Crippen molar-refractivity contribution in [1.82, 2.24) is 0 Å². The summed E-state index contributed by atoms with van der Waals surface area (Å²) in [6.45, 7) is -0.562. The third-order valence-electron chi connectivity index (χ3n) is 1.92. The summed E-state index contributed by atoms with van der Waals surface area (Å²) < 4.78 is 130. The zero-order valence-electron chi connectivity index (χ0n) is 10.1. The zero-order chi connectivity index (χ0) is 18.0. The molecule has 22 heavy (non-hydrogen) atoms. The molecule has 13 heteroatoms. The van der Waals surface area contributed by atoms with Crippen molar-refractivity contribution in [2.45, 2.75) is 30.5 Å². The van der Waals surface area contributed by atoms with Crippen molar-refractivity contribution < 1.29 is 58.2 Å². The van der Waals surface area contributed by atoms with Crippen molar-refractivity contribution in [3.63, 3.8) is 0 Å². The fourth-order valence-electron chi connectivity index (χ4n) is 0.731. The summed E-state index contributed by atoms with van der Waals surface area (Å²) in [6, 6.07) is 0. The molecule has 0 heterocycles. The highest BCUT2D eigenvalue weighted by Gasteiger charge is 2.68. The third kappa shape index (κ3) is 4.24. The smallest absolute Gasteiger partial charge is 0.393 e. The van der Waals surface area contributed by atoms with Crippen LogP contribution in [0.3, 0.4) is 0 Å². The maximum absolute atomic E-state index is 12.9. The number of carbonyl (C=O) groups is 1. The Kier molecular flexibility index (Phi) is 5.86. The minimum atomic E-state index is -6.21. The van der Waals surface area contributed by atoms with Gasteiger partial charge in [0.1, 0.15) is 6.61 Å². The maximum Gasteiger partial charge on any atom is 0.469 e. The average Bonchev–Trinajstić information content (AvgIpc) is 2.35. The van der Waals surface area contributed by atoms with Gasteiger partial charge in [0.05, 0.1) is 0 Å². The van der Waals surface area contributed by atoms with Crippen molar-refractivity contribution in [2.75, 3.05) is 6.61 Å². The first-order valence-electron chi connectivity index (χ1n) is 4.89. The van der Waals surface area contributed by atoms with Gasteiger partial charge in [-0.05, 0) is 0 Å². The standard InChI is InChI=1S/C9H6F10O3/c1-2-4(20)22-8(16,17)6(12,13)3-21-9(18,19)7(14,15)5(10)11/h2,5H,1,3H2. The summed E-state index contributed by atoms with van der Waals surface area (Å²) in [5.74, 6) is -14.0. The molecule has 0 fully saturated rings. The third-order valence-corrected chi connectivity index (χ3v) is 1.92. The van der Waals surface area contributed by atoms with Gasteiger partial charge in [-0.15, -0.1) is 0 Å². The molecule has 0 N–H and O–H groups in total. The predicted molar refractivity (Wildman–Crippen MR) is 48.0 cm³/mol. The average molecular weight is 352 g/mol. The van der Waals surface area contributed by atoms with Crippen molar-refractivity contribution in [2.24, 2.45) is 0 Å². The molecule has 0 saturated heterocycles. The van der Waals surface area contributed by atoms with Gasteiger partial charge in [0.25, 0.3) is 0 Å². The molecule has 0 bridgehead atoms. The number of halogens is 10. The number of hydrogen-bond acceptors (Lipinski definition) is 3. The second kappa shape index (κ2) is 6.30. The molecule has 0 atom stereocenters. The lowest BCUT2D eigenvalue weighted by Gasteiger charge is -2.29. The van der Waals surface area contributed by atoms with Crippen LogP contribution < -0.4 is 0 Å². The highest BCUT2D eigenvalue weighted by atomic mass is 19.4.